The lowest BCUT2D eigenvalue weighted by molar-refractivity contribution is 1.00. The summed E-state index contributed by atoms with van der Waals surface area (Å²) in [6, 6.07) is 9.72. The molecule has 58 valence electrons. The van der Waals surface area contributed by atoms with Crippen LogP contribution in [0.2, 0.25) is 0 Å². The molecule has 0 bridgehead atoms. The summed E-state index contributed by atoms with van der Waals surface area (Å²) < 4.78 is 0. The summed E-state index contributed by atoms with van der Waals surface area (Å²) in [7, 11) is 0. The summed E-state index contributed by atoms with van der Waals surface area (Å²) in [5.74, 6) is 5.67. The maximum absolute atomic E-state index is 5.67. The molecule has 0 aromatic heterocycles. The number of allylic oxidation sites excluding steroid dienone is 1. The van der Waals surface area contributed by atoms with Gasteiger partial charge in [-0.25, -0.2) is 5.84 Å². The molecule has 0 saturated carbocycles. The van der Waals surface area contributed by atoms with E-state index in [0.717, 1.165) is 11.4 Å². The molecule has 2 heteroatoms. The summed E-state index contributed by atoms with van der Waals surface area (Å²) in [4.78, 5) is 0. The number of anilines is 1. The normalized spacial score (nSPS) is 9.27. The Kier molecular flexibility index (Phi) is 2.28. The lowest BCUT2D eigenvalue weighted by Gasteiger charge is -2.17. The fourth-order valence-electron chi connectivity index (χ4n) is 0.809. The molecule has 0 unspecified atom stereocenters. The van der Waals surface area contributed by atoms with Gasteiger partial charge in [0.1, 0.15) is 0 Å². The Morgan fingerprint density at radius 3 is 2.36 bits per heavy atom. The lowest BCUT2D eigenvalue weighted by atomic mass is 10.3. The van der Waals surface area contributed by atoms with Crippen molar-refractivity contribution >= 4 is 5.69 Å². The minimum Gasteiger partial charge on any atom is -0.285 e. The van der Waals surface area contributed by atoms with Gasteiger partial charge in [0.25, 0.3) is 0 Å². The van der Waals surface area contributed by atoms with Gasteiger partial charge >= 0.3 is 0 Å². The Balaban J connectivity index is 2.85. The molecule has 11 heavy (non-hydrogen) atoms. The number of hydrogen-bond acceptors (Lipinski definition) is 2. The van der Waals surface area contributed by atoms with E-state index >= 15 is 0 Å². The lowest BCUT2D eigenvalue weighted by Crippen LogP contribution is -2.27. The van der Waals surface area contributed by atoms with Gasteiger partial charge in [-0.15, -0.1) is 0 Å². The first-order valence-electron chi connectivity index (χ1n) is 3.47. The van der Waals surface area contributed by atoms with Crippen LogP contribution in [0.3, 0.4) is 0 Å². The van der Waals surface area contributed by atoms with E-state index in [1.165, 1.54) is 0 Å². The molecule has 1 rings (SSSR count). The Labute approximate surface area is 66.9 Å². The second-order valence-electron chi connectivity index (χ2n) is 2.44. The number of benzene rings is 1. The van der Waals surface area contributed by atoms with E-state index in [9.17, 15) is 0 Å². The number of nitrogens with two attached hydrogens (primary N) is 1. The van der Waals surface area contributed by atoms with E-state index in [-0.39, 0.29) is 0 Å². The molecule has 0 saturated heterocycles. The Morgan fingerprint density at radius 2 is 1.91 bits per heavy atom. The van der Waals surface area contributed by atoms with E-state index in [2.05, 4.69) is 6.58 Å². The molecule has 0 aliphatic rings. The minimum atomic E-state index is 0.830. The van der Waals surface area contributed by atoms with E-state index in [1.54, 1.807) is 5.01 Å². The fourth-order valence-corrected chi connectivity index (χ4v) is 0.809. The van der Waals surface area contributed by atoms with E-state index in [0.29, 0.717) is 0 Å². The molecule has 0 aliphatic carbocycles. The van der Waals surface area contributed by atoms with Crippen LogP contribution < -0.4 is 10.9 Å². The SMILES string of the molecule is C=C(C)N(N)c1ccccc1. The van der Waals surface area contributed by atoms with Crippen LogP contribution >= 0.6 is 0 Å². The van der Waals surface area contributed by atoms with Gasteiger partial charge in [-0.2, -0.15) is 0 Å². The van der Waals surface area contributed by atoms with Crippen LogP contribution in [0, 0.1) is 0 Å². The van der Waals surface area contributed by atoms with Crippen molar-refractivity contribution in [3.63, 3.8) is 0 Å². The molecule has 0 heterocycles. The molecule has 1 aromatic carbocycles. The zero-order valence-corrected chi connectivity index (χ0v) is 6.62. The Morgan fingerprint density at radius 1 is 1.36 bits per heavy atom. The first kappa shape index (κ1) is 7.82. The van der Waals surface area contributed by atoms with Crippen molar-refractivity contribution in [1.29, 1.82) is 0 Å². The molecule has 0 amide bonds. The summed E-state index contributed by atoms with van der Waals surface area (Å²) in [6.45, 7) is 5.60. The van der Waals surface area contributed by atoms with Crippen molar-refractivity contribution in [2.24, 2.45) is 5.84 Å². The van der Waals surface area contributed by atoms with Crippen molar-refractivity contribution in [3.8, 4) is 0 Å². The number of rotatable bonds is 2. The zero-order chi connectivity index (χ0) is 8.27. The average molecular weight is 148 g/mol. The molecule has 0 atom stereocenters. The predicted octanol–water partition coefficient (Wildman–Crippen LogP) is 1.90. The maximum Gasteiger partial charge on any atom is 0.0571 e. The van der Waals surface area contributed by atoms with Crippen LogP contribution in [0.1, 0.15) is 6.92 Å². The highest BCUT2D eigenvalue weighted by Gasteiger charge is 1.97. The van der Waals surface area contributed by atoms with Crippen LogP contribution in [0.5, 0.6) is 0 Å². The predicted molar refractivity (Wildman–Crippen MR) is 47.9 cm³/mol. The summed E-state index contributed by atoms with van der Waals surface area (Å²) in [5.41, 5.74) is 1.79. The number of para-hydroxylation sites is 1. The Hall–Kier alpha value is -1.28. The second kappa shape index (κ2) is 3.21. The van der Waals surface area contributed by atoms with Crippen LogP contribution in [-0.2, 0) is 0 Å². The van der Waals surface area contributed by atoms with Gasteiger partial charge in [-0.05, 0) is 19.1 Å². The molecule has 0 fully saturated rings. The molecule has 0 aliphatic heterocycles. The van der Waals surface area contributed by atoms with Gasteiger partial charge < -0.3 is 0 Å². The van der Waals surface area contributed by atoms with Crippen LogP contribution in [-0.4, -0.2) is 0 Å². The smallest absolute Gasteiger partial charge is 0.0571 e. The molecular weight excluding hydrogens is 136 g/mol. The van der Waals surface area contributed by atoms with Gasteiger partial charge in [0.15, 0.2) is 0 Å². The quantitative estimate of drug-likeness (QED) is 0.512. The van der Waals surface area contributed by atoms with Crippen LogP contribution in [0.25, 0.3) is 0 Å². The first-order chi connectivity index (χ1) is 5.22. The molecule has 2 nitrogen and oxygen atoms in total. The summed E-state index contributed by atoms with van der Waals surface area (Å²) in [6.07, 6.45) is 0. The van der Waals surface area contributed by atoms with Crippen molar-refractivity contribution in [3.05, 3.63) is 42.6 Å². The first-order valence-corrected chi connectivity index (χ1v) is 3.47. The second-order valence-corrected chi connectivity index (χ2v) is 2.44. The number of nitrogens with zero attached hydrogens (tertiary/aromatic N) is 1. The highest BCUT2D eigenvalue weighted by atomic mass is 15.4. The van der Waals surface area contributed by atoms with Gasteiger partial charge in [0.2, 0.25) is 0 Å². The minimum absolute atomic E-state index is 0.830. The standard InChI is InChI=1S/C9H12N2/c1-8(2)11(10)9-6-4-3-5-7-9/h3-7H,1,10H2,2H3. The Bertz CT molecular complexity index is 241. The molecular formula is C9H12N2. The van der Waals surface area contributed by atoms with Gasteiger partial charge in [0, 0.05) is 5.70 Å². The van der Waals surface area contributed by atoms with Crippen molar-refractivity contribution in [2.45, 2.75) is 6.92 Å². The highest BCUT2D eigenvalue weighted by molar-refractivity contribution is 5.48. The molecule has 1 aromatic rings. The fraction of sp³-hybridized carbons (Fsp3) is 0.111. The van der Waals surface area contributed by atoms with Crippen LogP contribution in [0.4, 0.5) is 5.69 Å². The van der Waals surface area contributed by atoms with Gasteiger partial charge in [0.05, 0.1) is 5.69 Å². The topological polar surface area (TPSA) is 29.3 Å². The average Bonchev–Trinajstić information content (AvgIpc) is 2.05. The van der Waals surface area contributed by atoms with Crippen LogP contribution in [0.15, 0.2) is 42.6 Å². The number of hydrazine groups is 1. The molecule has 2 N–H and O–H groups in total. The third-order valence-electron chi connectivity index (χ3n) is 1.45. The number of hydrogen-bond donors (Lipinski definition) is 1. The van der Waals surface area contributed by atoms with E-state index in [4.69, 9.17) is 5.84 Å². The van der Waals surface area contributed by atoms with Crippen molar-refractivity contribution in [2.75, 3.05) is 5.01 Å². The largest absolute Gasteiger partial charge is 0.285 e. The molecule has 0 radical (unpaired) electrons. The zero-order valence-electron chi connectivity index (χ0n) is 6.62. The van der Waals surface area contributed by atoms with Gasteiger partial charge in [-0.1, -0.05) is 24.8 Å². The van der Waals surface area contributed by atoms with E-state index in [1.807, 2.05) is 37.3 Å². The summed E-state index contributed by atoms with van der Waals surface area (Å²) >= 11 is 0. The van der Waals surface area contributed by atoms with E-state index < -0.39 is 0 Å². The summed E-state index contributed by atoms with van der Waals surface area (Å²) in [5, 5.41) is 1.56. The third kappa shape index (κ3) is 1.82. The van der Waals surface area contributed by atoms with Gasteiger partial charge in [-0.3, -0.25) is 5.01 Å². The monoisotopic (exact) mass is 148 g/mol. The van der Waals surface area contributed by atoms with Crippen molar-refractivity contribution in [1.82, 2.24) is 0 Å². The van der Waals surface area contributed by atoms with Crippen molar-refractivity contribution < 1.29 is 0 Å². The third-order valence-corrected chi connectivity index (χ3v) is 1.45. The maximum atomic E-state index is 5.67. The molecule has 0 spiro atoms. The highest BCUT2D eigenvalue weighted by Crippen LogP contribution is 2.12.